The molecule has 1 aromatic heterocycles. The van der Waals surface area contributed by atoms with Crippen molar-refractivity contribution >= 4 is 46.0 Å². The highest BCUT2D eigenvalue weighted by atomic mass is 35.5. The molecule has 1 amide bonds. The van der Waals surface area contributed by atoms with E-state index < -0.39 is 43.0 Å². The Bertz CT molecular complexity index is 866. The van der Waals surface area contributed by atoms with Crippen LogP contribution in [0.15, 0.2) is 18.2 Å². The number of fused-ring (bicyclic) bond motifs is 1. The van der Waals surface area contributed by atoms with Gasteiger partial charge in [0, 0.05) is 29.0 Å². The summed E-state index contributed by atoms with van der Waals surface area (Å²) >= 11 is 12.0. The molecule has 1 aromatic carbocycles. The van der Waals surface area contributed by atoms with Crippen LogP contribution in [0.4, 0.5) is 13.2 Å². The first-order chi connectivity index (χ1) is 11.6. The molecule has 2 N–H and O–H groups in total. The number of H-pyrrole nitrogens is 1. The van der Waals surface area contributed by atoms with E-state index >= 15 is 0 Å². The van der Waals surface area contributed by atoms with E-state index in [0.717, 1.165) is 4.90 Å². The number of amides is 1. The van der Waals surface area contributed by atoms with Crippen molar-refractivity contribution in [2.75, 3.05) is 13.1 Å². The standard InChI is InChI=1S/C15H11Cl2F3N2O3/c16-6-1-2-10-7(3-6)11(17)12(21-10)13(23)22-4-8(14(24)25)9(5-22)15(18,19)20/h1-3,8-9,21H,4-5H2,(H,24,25)/t8-,9-/m1/s1. The van der Waals surface area contributed by atoms with Gasteiger partial charge in [-0.25, -0.2) is 0 Å². The third kappa shape index (κ3) is 3.16. The molecular formula is C15H11Cl2F3N2O3. The van der Waals surface area contributed by atoms with Crippen LogP contribution in [0.5, 0.6) is 0 Å². The molecule has 0 bridgehead atoms. The zero-order valence-electron chi connectivity index (χ0n) is 12.4. The van der Waals surface area contributed by atoms with Crippen LogP contribution in [-0.4, -0.2) is 46.1 Å². The number of hydrogen-bond acceptors (Lipinski definition) is 2. The first kappa shape index (κ1) is 17.9. The maximum absolute atomic E-state index is 13.1. The molecule has 2 atom stereocenters. The largest absolute Gasteiger partial charge is 0.481 e. The normalized spacial score (nSPS) is 21.1. The van der Waals surface area contributed by atoms with Crippen molar-refractivity contribution in [3.05, 3.63) is 33.9 Å². The van der Waals surface area contributed by atoms with Crippen LogP contribution in [-0.2, 0) is 4.79 Å². The van der Waals surface area contributed by atoms with Crippen LogP contribution >= 0.6 is 23.2 Å². The number of nitrogens with zero attached hydrogens (tertiary/aromatic N) is 1. The number of alkyl halides is 3. The summed E-state index contributed by atoms with van der Waals surface area (Å²) in [5.41, 5.74) is 0.407. The molecule has 1 saturated heterocycles. The monoisotopic (exact) mass is 394 g/mol. The van der Waals surface area contributed by atoms with Gasteiger partial charge in [0.15, 0.2) is 0 Å². The smallest absolute Gasteiger partial charge is 0.394 e. The lowest BCUT2D eigenvalue weighted by Crippen LogP contribution is -2.34. The van der Waals surface area contributed by atoms with Crippen molar-refractivity contribution in [1.82, 2.24) is 9.88 Å². The Balaban J connectivity index is 1.94. The number of carbonyl (C=O) groups is 2. The van der Waals surface area contributed by atoms with Crippen molar-refractivity contribution in [2.45, 2.75) is 6.18 Å². The highest BCUT2D eigenvalue weighted by Gasteiger charge is 2.53. The molecule has 1 aliphatic rings. The van der Waals surface area contributed by atoms with Crippen LogP contribution in [0, 0.1) is 11.8 Å². The highest BCUT2D eigenvalue weighted by Crippen LogP contribution is 2.39. The molecule has 0 spiro atoms. The maximum Gasteiger partial charge on any atom is 0.394 e. The lowest BCUT2D eigenvalue weighted by atomic mass is 9.96. The van der Waals surface area contributed by atoms with Gasteiger partial charge in [0.2, 0.25) is 0 Å². The van der Waals surface area contributed by atoms with E-state index in [1.165, 1.54) is 6.07 Å². The molecule has 0 radical (unpaired) electrons. The molecule has 25 heavy (non-hydrogen) atoms. The Kier molecular flexibility index (Phi) is 4.36. The van der Waals surface area contributed by atoms with E-state index in [4.69, 9.17) is 28.3 Å². The first-order valence-corrected chi connectivity index (χ1v) is 7.90. The average Bonchev–Trinajstić information content (AvgIpc) is 3.09. The molecule has 2 aromatic rings. The number of aliphatic carboxylic acids is 1. The minimum Gasteiger partial charge on any atom is -0.481 e. The number of nitrogens with one attached hydrogen (secondary N) is 1. The number of carboxylic acid groups (broad SMARTS) is 1. The third-order valence-electron chi connectivity index (χ3n) is 4.26. The van der Waals surface area contributed by atoms with E-state index in [2.05, 4.69) is 4.98 Å². The number of carbonyl (C=O) groups excluding carboxylic acids is 1. The molecule has 0 aliphatic carbocycles. The second-order valence-corrected chi connectivity index (χ2v) is 6.62. The van der Waals surface area contributed by atoms with Crippen molar-refractivity contribution in [3.8, 4) is 0 Å². The van der Waals surface area contributed by atoms with Gasteiger partial charge in [-0.1, -0.05) is 23.2 Å². The molecular weight excluding hydrogens is 384 g/mol. The Hall–Kier alpha value is -1.93. The maximum atomic E-state index is 13.1. The fourth-order valence-corrected chi connectivity index (χ4v) is 3.44. The molecule has 5 nitrogen and oxygen atoms in total. The van der Waals surface area contributed by atoms with Gasteiger partial charge in [0.25, 0.3) is 5.91 Å². The summed E-state index contributed by atoms with van der Waals surface area (Å²) in [5.74, 6) is -6.20. The van der Waals surface area contributed by atoms with Gasteiger partial charge in [-0.3, -0.25) is 9.59 Å². The Morgan fingerprint density at radius 2 is 1.92 bits per heavy atom. The number of aromatic amines is 1. The number of benzene rings is 1. The van der Waals surface area contributed by atoms with Gasteiger partial charge < -0.3 is 15.0 Å². The summed E-state index contributed by atoms with van der Waals surface area (Å²) < 4.78 is 39.2. The summed E-state index contributed by atoms with van der Waals surface area (Å²) in [5, 5.41) is 9.91. The summed E-state index contributed by atoms with van der Waals surface area (Å²) in [4.78, 5) is 27.3. The number of halogens is 5. The lowest BCUT2D eigenvalue weighted by molar-refractivity contribution is -0.187. The fraction of sp³-hybridized carbons (Fsp3) is 0.333. The van der Waals surface area contributed by atoms with E-state index in [9.17, 15) is 22.8 Å². The average molecular weight is 395 g/mol. The number of aromatic nitrogens is 1. The Morgan fingerprint density at radius 1 is 1.24 bits per heavy atom. The number of rotatable bonds is 2. The predicted octanol–water partition coefficient (Wildman–Crippen LogP) is 3.81. The van der Waals surface area contributed by atoms with Crippen molar-refractivity contribution in [3.63, 3.8) is 0 Å². The molecule has 3 rings (SSSR count). The van der Waals surface area contributed by atoms with Crippen molar-refractivity contribution in [2.24, 2.45) is 11.8 Å². The van der Waals surface area contributed by atoms with Crippen molar-refractivity contribution < 1.29 is 27.9 Å². The first-order valence-electron chi connectivity index (χ1n) is 7.15. The fourth-order valence-electron chi connectivity index (χ4n) is 2.99. The zero-order valence-corrected chi connectivity index (χ0v) is 13.9. The number of hydrogen-bond donors (Lipinski definition) is 2. The van der Waals surface area contributed by atoms with Crippen molar-refractivity contribution in [1.29, 1.82) is 0 Å². The molecule has 10 heteroatoms. The Morgan fingerprint density at radius 3 is 2.48 bits per heavy atom. The van der Waals surface area contributed by atoms with Gasteiger partial charge in [-0.15, -0.1) is 0 Å². The summed E-state index contributed by atoms with van der Waals surface area (Å²) in [6.45, 7) is -1.27. The summed E-state index contributed by atoms with van der Waals surface area (Å²) in [7, 11) is 0. The second kappa shape index (κ2) is 6.10. The van der Waals surface area contributed by atoms with E-state index in [-0.39, 0.29) is 10.7 Å². The topological polar surface area (TPSA) is 73.4 Å². The van der Waals surface area contributed by atoms with Crippen LogP contribution in [0.3, 0.4) is 0 Å². The summed E-state index contributed by atoms with van der Waals surface area (Å²) in [6.07, 6.45) is -4.71. The van der Waals surface area contributed by atoms with Gasteiger partial charge >= 0.3 is 12.1 Å². The van der Waals surface area contributed by atoms with E-state index in [0.29, 0.717) is 15.9 Å². The molecule has 0 saturated carbocycles. The lowest BCUT2D eigenvalue weighted by Gasteiger charge is -2.18. The van der Waals surface area contributed by atoms with Crippen LogP contribution in [0.2, 0.25) is 10.0 Å². The molecule has 0 unspecified atom stereocenters. The second-order valence-electron chi connectivity index (χ2n) is 5.81. The highest BCUT2D eigenvalue weighted by molar-refractivity contribution is 6.39. The molecule has 134 valence electrons. The molecule has 1 fully saturated rings. The number of carboxylic acids is 1. The molecule has 2 heterocycles. The van der Waals surface area contributed by atoms with Gasteiger partial charge in [-0.05, 0) is 18.2 Å². The van der Waals surface area contributed by atoms with Gasteiger partial charge in [0.1, 0.15) is 5.69 Å². The minimum absolute atomic E-state index is 0.0323. The van der Waals surface area contributed by atoms with Crippen LogP contribution in [0.1, 0.15) is 10.5 Å². The van der Waals surface area contributed by atoms with E-state index in [1.807, 2.05) is 0 Å². The third-order valence-corrected chi connectivity index (χ3v) is 4.88. The zero-order chi connectivity index (χ0) is 18.5. The summed E-state index contributed by atoms with van der Waals surface area (Å²) in [6, 6.07) is 4.68. The predicted molar refractivity (Wildman–Crippen MR) is 84.9 cm³/mol. The van der Waals surface area contributed by atoms with Gasteiger partial charge in [0.05, 0.1) is 16.9 Å². The quantitative estimate of drug-likeness (QED) is 0.813. The Labute approximate surface area is 149 Å². The molecule has 1 aliphatic heterocycles. The van der Waals surface area contributed by atoms with E-state index in [1.54, 1.807) is 12.1 Å². The van der Waals surface area contributed by atoms with Crippen LogP contribution in [0.25, 0.3) is 10.9 Å². The number of likely N-dealkylation sites (tertiary alicyclic amines) is 1. The SMILES string of the molecule is O=C(O)[C@@H]1CN(C(=O)c2[nH]c3ccc(Cl)cc3c2Cl)C[C@H]1C(F)(F)F. The minimum atomic E-state index is -4.71. The van der Waals surface area contributed by atoms with Gasteiger partial charge in [-0.2, -0.15) is 13.2 Å². The van der Waals surface area contributed by atoms with Crippen LogP contribution < -0.4 is 0 Å².